The summed E-state index contributed by atoms with van der Waals surface area (Å²) in [6.07, 6.45) is 1.17. The number of hydrogen-bond acceptors (Lipinski definition) is 3. The topological polar surface area (TPSA) is 51.2 Å². The molecular weight excluding hydrogens is 228 g/mol. The molecule has 0 bridgehead atoms. The van der Waals surface area contributed by atoms with E-state index in [1.54, 1.807) is 30.3 Å². The standard InChI is InChI=1S/C15H10O3/c16-9-13-7-6-12(8-14(13)10-17)15(18)11-4-2-1-3-5-11/h1-10H. The predicted octanol–water partition coefficient (Wildman–Crippen LogP) is 2.54. The van der Waals surface area contributed by atoms with Gasteiger partial charge in [-0.1, -0.05) is 42.5 Å². The number of aldehydes is 2. The molecule has 0 aromatic heterocycles. The molecule has 3 nitrogen and oxygen atoms in total. The molecule has 0 amide bonds. The van der Waals surface area contributed by atoms with Gasteiger partial charge in [0, 0.05) is 22.3 Å². The smallest absolute Gasteiger partial charge is 0.193 e. The number of benzene rings is 2. The van der Waals surface area contributed by atoms with Gasteiger partial charge in [-0.15, -0.1) is 0 Å². The summed E-state index contributed by atoms with van der Waals surface area (Å²) < 4.78 is 0. The maximum absolute atomic E-state index is 12.1. The molecule has 0 aliphatic heterocycles. The Balaban J connectivity index is 2.43. The highest BCUT2D eigenvalue weighted by Gasteiger charge is 2.10. The highest BCUT2D eigenvalue weighted by molar-refractivity contribution is 6.10. The zero-order valence-corrected chi connectivity index (χ0v) is 9.50. The lowest BCUT2D eigenvalue weighted by molar-refractivity contribution is 0.103. The van der Waals surface area contributed by atoms with Gasteiger partial charge < -0.3 is 0 Å². The molecule has 18 heavy (non-hydrogen) atoms. The fraction of sp³-hybridized carbons (Fsp3) is 0. The lowest BCUT2D eigenvalue weighted by Gasteiger charge is -2.03. The van der Waals surface area contributed by atoms with Crippen LogP contribution in [0, 0.1) is 0 Å². The van der Waals surface area contributed by atoms with Gasteiger partial charge in [-0.2, -0.15) is 0 Å². The SMILES string of the molecule is O=Cc1ccc(C(=O)c2ccccc2)cc1C=O. The average Bonchev–Trinajstić information content (AvgIpc) is 2.46. The zero-order chi connectivity index (χ0) is 13.0. The van der Waals surface area contributed by atoms with Crippen LogP contribution in [-0.4, -0.2) is 18.4 Å². The summed E-state index contributed by atoms with van der Waals surface area (Å²) in [5.74, 6) is -0.170. The third kappa shape index (κ3) is 2.25. The Hall–Kier alpha value is -2.55. The highest BCUT2D eigenvalue weighted by Crippen LogP contribution is 2.13. The molecule has 3 heteroatoms. The Morgan fingerprint density at radius 2 is 1.44 bits per heavy atom. The van der Waals surface area contributed by atoms with Crippen molar-refractivity contribution in [3.05, 3.63) is 70.8 Å². The van der Waals surface area contributed by atoms with E-state index in [1.165, 1.54) is 12.1 Å². The second kappa shape index (κ2) is 5.19. The lowest BCUT2D eigenvalue weighted by Crippen LogP contribution is -2.03. The van der Waals surface area contributed by atoms with Crippen LogP contribution in [0.1, 0.15) is 36.6 Å². The summed E-state index contributed by atoms with van der Waals surface area (Å²) in [6, 6.07) is 13.2. The summed E-state index contributed by atoms with van der Waals surface area (Å²) in [7, 11) is 0. The van der Waals surface area contributed by atoms with Crippen LogP contribution in [0.2, 0.25) is 0 Å². The van der Waals surface area contributed by atoms with Crippen LogP contribution in [0.4, 0.5) is 0 Å². The van der Waals surface area contributed by atoms with Gasteiger partial charge >= 0.3 is 0 Å². The molecule has 2 aromatic rings. The lowest BCUT2D eigenvalue weighted by atomic mass is 9.99. The van der Waals surface area contributed by atoms with E-state index in [1.807, 2.05) is 6.07 Å². The maximum Gasteiger partial charge on any atom is 0.193 e. The number of carbonyl (C=O) groups is 3. The second-order valence-electron chi connectivity index (χ2n) is 3.77. The largest absolute Gasteiger partial charge is 0.298 e. The monoisotopic (exact) mass is 238 g/mol. The van der Waals surface area contributed by atoms with E-state index in [0.717, 1.165) is 0 Å². The Morgan fingerprint density at radius 1 is 0.778 bits per heavy atom. The maximum atomic E-state index is 12.1. The molecule has 0 saturated carbocycles. The molecule has 2 aromatic carbocycles. The van der Waals surface area contributed by atoms with Gasteiger partial charge in [-0.3, -0.25) is 14.4 Å². The first kappa shape index (κ1) is 11.9. The third-order valence-corrected chi connectivity index (χ3v) is 2.64. The van der Waals surface area contributed by atoms with Crippen LogP contribution in [0.15, 0.2) is 48.5 Å². The van der Waals surface area contributed by atoms with Crippen molar-refractivity contribution in [2.75, 3.05) is 0 Å². The van der Waals surface area contributed by atoms with E-state index in [0.29, 0.717) is 23.7 Å². The fourth-order valence-electron chi connectivity index (χ4n) is 1.68. The summed E-state index contributed by atoms with van der Waals surface area (Å²) in [5, 5.41) is 0. The van der Waals surface area contributed by atoms with Gasteiger partial charge in [0.2, 0.25) is 0 Å². The van der Waals surface area contributed by atoms with Crippen molar-refractivity contribution in [3.63, 3.8) is 0 Å². The molecule has 0 spiro atoms. The summed E-state index contributed by atoms with van der Waals surface area (Å²) >= 11 is 0. The Kier molecular flexibility index (Phi) is 3.44. The Bertz CT molecular complexity index is 600. The number of carbonyl (C=O) groups excluding carboxylic acids is 3. The summed E-state index contributed by atoms with van der Waals surface area (Å²) in [6.45, 7) is 0. The van der Waals surface area contributed by atoms with Crippen molar-refractivity contribution in [1.82, 2.24) is 0 Å². The van der Waals surface area contributed by atoms with E-state index in [9.17, 15) is 14.4 Å². The first-order chi connectivity index (χ1) is 8.76. The molecule has 0 atom stereocenters. The van der Waals surface area contributed by atoms with Crippen LogP contribution >= 0.6 is 0 Å². The first-order valence-electron chi connectivity index (χ1n) is 5.40. The van der Waals surface area contributed by atoms with E-state index >= 15 is 0 Å². The van der Waals surface area contributed by atoms with Gasteiger partial charge in [0.05, 0.1) is 0 Å². The molecule has 0 fully saturated rings. The Labute approximate surface area is 104 Å². The van der Waals surface area contributed by atoms with E-state index in [4.69, 9.17) is 0 Å². The molecule has 0 saturated heterocycles. The second-order valence-corrected chi connectivity index (χ2v) is 3.77. The van der Waals surface area contributed by atoms with Crippen molar-refractivity contribution < 1.29 is 14.4 Å². The number of hydrogen-bond donors (Lipinski definition) is 0. The third-order valence-electron chi connectivity index (χ3n) is 2.64. The van der Waals surface area contributed by atoms with Crippen molar-refractivity contribution in [3.8, 4) is 0 Å². The van der Waals surface area contributed by atoms with Crippen molar-refractivity contribution in [2.45, 2.75) is 0 Å². The van der Waals surface area contributed by atoms with Crippen molar-refractivity contribution >= 4 is 18.4 Å². The number of rotatable bonds is 4. The normalized spacial score (nSPS) is 9.78. The van der Waals surface area contributed by atoms with Gasteiger partial charge in [0.15, 0.2) is 18.4 Å². The van der Waals surface area contributed by atoms with E-state index in [-0.39, 0.29) is 16.9 Å². The minimum atomic E-state index is -0.170. The van der Waals surface area contributed by atoms with Gasteiger partial charge in [-0.05, 0) is 6.07 Å². The van der Waals surface area contributed by atoms with Crippen LogP contribution in [0.25, 0.3) is 0 Å². The van der Waals surface area contributed by atoms with E-state index < -0.39 is 0 Å². The molecule has 0 N–H and O–H groups in total. The molecule has 0 unspecified atom stereocenters. The predicted molar refractivity (Wildman–Crippen MR) is 67.1 cm³/mol. The highest BCUT2D eigenvalue weighted by atomic mass is 16.1. The van der Waals surface area contributed by atoms with Crippen LogP contribution in [0.3, 0.4) is 0 Å². The van der Waals surface area contributed by atoms with Gasteiger partial charge in [0.1, 0.15) is 0 Å². The first-order valence-corrected chi connectivity index (χ1v) is 5.40. The van der Waals surface area contributed by atoms with Gasteiger partial charge in [0.25, 0.3) is 0 Å². The minimum absolute atomic E-state index is 0.170. The van der Waals surface area contributed by atoms with Crippen LogP contribution in [-0.2, 0) is 0 Å². The molecule has 0 radical (unpaired) electrons. The Morgan fingerprint density at radius 3 is 2.06 bits per heavy atom. The minimum Gasteiger partial charge on any atom is -0.298 e. The molecular formula is C15H10O3. The summed E-state index contributed by atoms with van der Waals surface area (Å²) in [5.41, 5.74) is 1.46. The average molecular weight is 238 g/mol. The van der Waals surface area contributed by atoms with E-state index in [2.05, 4.69) is 0 Å². The van der Waals surface area contributed by atoms with Crippen molar-refractivity contribution in [1.29, 1.82) is 0 Å². The van der Waals surface area contributed by atoms with Crippen LogP contribution in [0.5, 0.6) is 0 Å². The fourth-order valence-corrected chi connectivity index (χ4v) is 1.68. The molecule has 2 rings (SSSR count). The summed E-state index contributed by atoms with van der Waals surface area (Å²) in [4.78, 5) is 33.6. The van der Waals surface area contributed by atoms with Gasteiger partial charge in [-0.25, -0.2) is 0 Å². The molecule has 0 aliphatic rings. The molecule has 0 heterocycles. The molecule has 0 aliphatic carbocycles. The van der Waals surface area contributed by atoms with Crippen LogP contribution < -0.4 is 0 Å². The zero-order valence-electron chi connectivity index (χ0n) is 9.50. The quantitative estimate of drug-likeness (QED) is 0.607. The molecule has 88 valence electrons. The van der Waals surface area contributed by atoms with Crippen molar-refractivity contribution in [2.24, 2.45) is 0 Å². The number of ketones is 1.